The van der Waals surface area contributed by atoms with E-state index in [0.29, 0.717) is 45.7 Å². The van der Waals surface area contributed by atoms with Crippen LogP contribution in [0, 0.1) is 5.82 Å². The predicted molar refractivity (Wildman–Crippen MR) is 148 cm³/mol. The zero-order valence-electron chi connectivity index (χ0n) is 23.7. The normalized spacial score (nSPS) is 19.5. The Balaban J connectivity index is 1.22. The number of amidine groups is 1. The van der Waals surface area contributed by atoms with Gasteiger partial charge in [0.25, 0.3) is 0 Å². The first-order valence-electron chi connectivity index (χ1n) is 13.9. The smallest absolute Gasteiger partial charge is 0.338 e. The lowest BCUT2D eigenvalue weighted by Crippen LogP contribution is -2.61. The van der Waals surface area contributed by atoms with Gasteiger partial charge in [0, 0.05) is 52.7 Å². The summed E-state index contributed by atoms with van der Waals surface area (Å²) in [5.41, 5.74) is 1.53. The van der Waals surface area contributed by atoms with Gasteiger partial charge in [-0.25, -0.2) is 9.18 Å². The number of oxime groups is 1. The van der Waals surface area contributed by atoms with Gasteiger partial charge in [-0.3, -0.25) is 4.90 Å². The highest BCUT2D eigenvalue weighted by atomic mass is 19.1. The van der Waals surface area contributed by atoms with Crippen LogP contribution in [0.5, 0.6) is 11.5 Å². The quantitative estimate of drug-likeness (QED) is 0.426. The van der Waals surface area contributed by atoms with E-state index in [1.807, 2.05) is 26.0 Å². The lowest BCUT2D eigenvalue weighted by molar-refractivity contribution is -0.170. The molecule has 9 nitrogen and oxygen atoms in total. The van der Waals surface area contributed by atoms with Gasteiger partial charge in [0.05, 0.1) is 32.3 Å². The molecule has 10 heteroatoms. The molecule has 2 saturated heterocycles. The molecule has 0 bridgehead atoms. The van der Waals surface area contributed by atoms with Gasteiger partial charge < -0.3 is 28.7 Å². The van der Waals surface area contributed by atoms with Crippen molar-refractivity contribution in [1.29, 1.82) is 0 Å². The number of likely N-dealkylation sites (tertiary alicyclic amines) is 2. The second kappa shape index (κ2) is 11.6. The molecule has 0 amide bonds. The minimum Gasteiger partial charge on any atom is -0.493 e. The number of carbonyl (C=O) groups excluding carboxylic acids is 1. The molecule has 2 aromatic carbocycles. The number of esters is 1. The fraction of sp³-hybridized carbons (Fsp3) is 0.533. The van der Waals surface area contributed by atoms with Gasteiger partial charge in [0.1, 0.15) is 23.2 Å². The Morgan fingerprint density at radius 2 is 1.65 bits per heavy atom. The van der Waals surface area contributed by atoms with Crippen molar-refractivity contribution in [2.45, 2.75) is 50.9 Å². The minimum absolute atomic E-state index is 0.283. The van der Waals surface area contributed by atoms with Gasteiger partial charge in [-0.05, 0) is 49.2 Å². The van der Waals surface area contributed by atoms with E-state index in [2.05, 4.69) is 15.0 Å². The molecule has 3 aliphatic rings. The molecule has 3 aliphatic heterocycles. The van der Waals surface area contributed by atoms with Crippen molar-refractivity contribution >= 4 is 11.8 Å². The maximum atomic E-state index is 13.6. The molecule has 0 radical (unpaired) electrons. The van der Waals surface area contributed by atoms with E-state index < -0.39 is 5.60 Å². The Kier molecular flexibility index (Phi) is 8.19. The summed E-state index contributed by atoms with van der Waals surface area (Å²) in [5, 5.41) is 4.44. The van der Waals surface area contributed by atoms with E-state index in [4.69, 9.17) is 23.8 Å². The Labute approximate surface area is 234 Å². The highest BCUT2D eigenvalue weighted by Gasteiger charge is 2.52. The van der Waals surface area contributed by atoms with Crippen LogP contribution < -0.4 is 9.47 Å². The highest BCUT2D eigenvalue weighted by Crippen LogP contribution is 2.42. The van der Waals surface area contributed by atoms with Crippen molar-refractivity contribution in [1.82, 2.24) is 9.80 Å². The molecule has 0 unspecified atom stereocenters. The summed E-state index contributed by atoms with van der Waals surface area (Å²) < 4.78 is 36.2. The van der Waals surface area contributed by atoms with E-state index >= 15 is 0 Å². The second-order valence-corrected chi connectivity index (χ2v) is 10.6. The summed E-state index contributed by atoms with van der Waals surface area (Å²) >= 11 is 0. The molecule has 5 rings (SSSR count). The summed E-state index contributed by atoms with van der Waals surface area (Å²) in [6.45, 7) is 8.45. The van der Waals surface area contributed by atoms with Gasteiger partial charge in [-0.15, -0.1) is 0 Å². The Hall–Kier alpha value is -3.37. The molecule has 0 saturated carbocycles. The molecule has 0 aromatic heterocycles. The Bertz CT molecular complexity index is 1210. The molecule has 0 atom stereocenters. The molecule has 3 heterocycles. The fourth-order valence-electron chi connectivity index (χ4n) is 5.96. The first kappa shape index (κ1) is 28.2. The number of nitrogens with zero attached hydrogens (tertiary/aromatic N) is 3. The van der Waals surface area contributed by atoms with Crippen molar-refractivity contribution in [2.75, 3.05) is 53.6 Å². The Morgan fingerprint density at radius 1 is 1.02 bits per heavy atom. The number of rotatable bonds is 9. The van der Waals surface area contributed by atoms with Gasteiger partial charge in [-0.2, -0.15) is 0 Å². The van der Waals surface area contributed by atoms with E-state index in [1.54, 1.807) is 19.2 Å². The summed E-state index contributed by atoms with van der Waals surface area (Å²) in [4.78, 5) is 22.7. The molecule has 0 N–H and O–H groups in total. The summed E-state index contributed by atoms with van der Waals surface area (Å²) in [6.07, 6.45) is 1.83. The number of piperidine rings is 1. The summed E-state index contributed by atoms with van der Waals surface area (Å²) in [5.74, 6) is 1.76. The van der Waals surface area contributed by atoms with Gasteiger partial charge >= 0.3 is 5.97 Å². The summed E-state index contributed by atoms with van der Waals surface area (Å²) in [6, 6.07) is 10.5. The molecule has 0 aliphatic carbocycles. The average Bonchev–Trinajstić information content (AvgIpc) is 3.39. The largest absolute Gasteiger partial charge is 0.493 e. The molecular weight excluding hydrogens is 517 g/mol. The Morgan fingerprint density at radius 3 is 2.20 bits per heavy atom. The highest BCUT2D eigenvalue weighted by molar-refractivity contribution is 5.85. The third-order valence-corrected chi connectivity index (χ3v) is 8.00. The van der Waals surface area contributed by atoms with Crippen LogP contribution in [0.3, 0.4) is 0 Å². The van der Waals surface area contributed by atoms with Crippen molar-refractivity contribution in [3.63, 3.8) is 0 Å². The lowest BCUT2D eigenvalue weighted by Gasteiger charge is -2.46. The number of hydrogen-bond donors (Lipinski definition) is 0. The van der Waals surface area contributed by atoms with Gasteiger partial charge in [0.2, 0.25) is 0 Å². The van der Waals surface area contributed by atoms with Crippen LogP contribution in [0.2, 0.25) is 0 Å². The topological polar surface area (TPSA) is 82.1 Å². The number of hydrogen-bond acceptors (Lipinski definition) is 9. The monoisotopic (exact) mass is 555 g/mol. The first-order chi connectivity index (χ1) is 19.3. The van der Waals surface area contributed by atoms with Crippen molar-refractivity contribution in [3.8, 4) is 22.6 Å². The summed E-state index contributed by atoms with van der Waals surface area (Å²) in [7, 11) is 2.96. The molecule has 2 fully saturated rings. The zero-order chi connectivity index (χ0) is 28.3. The fourth-order valence-corrected chi connectivity index (χ4v) is 5.96. The van der Waals surface area contributed by atoms with E-state index in [-0.39, 0.29) is 17.4 Å². The van der Waals surface area contributed by atoms with Crippen LogP contribution in [0.4, 0.5) is 4.39 Å². The van der Waals surface area contributed by atoms with Crippen LogP contribution in [0.25, 0.3) is 11.1 Å². The number of methoxy groups -OCH3 is 2. The van der Waals surface area contributed by atoms with Crippen molar-refractivity contribution < 1.29 is 33.0 Å². The van der Waals surface area contributed by atoms with E-state index in [9.17, 15) is 9.18 Å². The number of ether oxygens (including phenoxy) is 4. The minimum atomic E-state index is -0.886. The van der Waals surface area contributed by atoms with Crippen molar-refractivity contribution in [3.05, 3.63) is 47.8 Å². The van der Waals surface area contributed by atoms with E-state index in [0.717, 1.165) is 53.5 Å². The van der Waals surface area contributed by atoms with Crippen LogP contribution >= 0.6 is 0 Å². The predicted octanol–water partition coefficient (Wildman–Crippen LogP) is 4.23. The number of halogens is 1. The molecule has 216 valence electrons. The second-order valence-electron chi connectivity index (χ2n) is 10.6. The van der Waals surface area contributed by atoms with E-state index in [1.165, 1.54) is 19.2 Å². The van der Waals surface area contributed by atoms with Crippen LogP contribution in [-0.4, -0.2) is 86.4 Å². The number of carbonyl (C=O) groups is 1. The third kappa shape index (κ3) is 5.47. The maximum absolute atomic E-state index is 13.6. The lowest BCUT2D eigenvalue weighted by atomic mass is 9.87. The number of benzene rings is 2. The molecular formula is C30H38FN3O6. The van der Waals surface area contributed by atoms with Crippen LogP contribution in [0.1, 0.15) is 38.7 Å². The van der Waals surface area contributed by atoms with Gasteiger partial charge in [-0.1, -0.05) is 17.3 Å². The van der Waals surface area contributed by atoms with Crippen LogP contribution in [0.15, 0.2) is 41.6 Å². The van der Waals surface area contributed by atoms with Crippen LogP contribution in [-0.2, 0) is 25.7 Å². The van der Waals surface area contributed by atoms with Gasteiger partial charge in [0.15, 0.2) is 11.2 Å². The zero-order valence-corrected chi connectivity index (χ0v) is 23.7. The first-order valence-corrected chi connectivity index (χ1v) is 13.9. The molecule has 40 heavy (non-hydrogen) atoms. The van der Waals surface area contributed by atoms with Crippen molar-refractivity contribution in [2.24, 2.45) is 5.16 Å². The molecule has 1 spiro atoms. The third-order valence-electron chi connectivity index (χ3n) is 8.00. The average molecular weight is 556 g/mol. The molecule has 2 aromatic rings. The standard InChI is InChI=1S/C30H38FN3O6/c1-5-38-24-15-21(16-25(39-6-2)27(24)22-7-9-23(31)10-8-22)18-33-19-29(20-33)17-26(32-40-29)34-13-11-30(37-4,12-14-34)28(35)36-3/h7-10,15-16H,5-6,11-14,17-20H2,1-4H3. The maximum Gasteiger partial charge on any atom is 0.338 e. The SMILES string of the molecule is CCOc1cc(CN2CC3(CC(N4CCC(OC)(C(=O)OC)CC4)=NO3)C2)cc(OCC)c1-c1ccc(F)cc1.